The molecule has 3 atom stereocenters. The zero-order valence-electron chi connectivity index (χ0n) is 22.0. The van der Waals surface area contributed by atoms with Gasteiger partial charge in [-0.1, -0.05) is 13.0 Å². The fourth-order valence-corrected chi connectivity index (χ4v) is 6.05. The van der Waals surface area contributed by atoms with Crippen LogP contribution < -0.4 is 0 Å². The first-order valence-corrected chi connectivity index (χ1v) is 12.5. The van der Waals surface area contributed by atoms with Crippen molar-refractivity contribution in [2.75, 3.05) is 40.3 Å². The van der Waals surface area contributed by atoms with Crippen molar-refractivity contribution < 1.29 is 14.6 Å². The summed E-state index contributed by atoms with van der Waals surface area (Å²) in [6.07, 6.45) is 2.87. The summed E-state index contributed by atoms with van der Waals surface area (Å²) >= 11 is 0. The van der Waals surface area contributed by atoms with Gasteiger partial charge in [0.2, 0.25) is 0 Å². The second-order valence-corrected chi connectivity index (χ2v) is 11.7. The molecule has 0 unspecified atom stereocenters. The fourth-order valence-electron chi connectivity index (χ4n) is 6.05. The minimum Gasteiger partial charge on any atom is -0.508 e. The summed E-state index contributed by atoms with van der Waals surface area (Å²) in [7, 11) is 4.48. The van der Waals surface area contributed by atoms with Crippen LogP contribution in [0.2, 0.25) is 0 Å². The Morgan fingerprint density at radius 2 is 1.88 bits per heavy atom. The van der Waals surface area contributed by atoms with E-state index in [9.17, 15) is 9.90 Å². The Morgan fingerprint density at radius 3 is 2.48 bits per heavy atom. The Hall–Kier alpha value is -1.79. The molecule has 1 amide bonds. The average molecular weight is 460 g/mol. The number of ether oxygens (including phenoxy) is 1. The van der Waals surface area contributed by atoms with Crippen molar-refractivity contribution in [1.29, 1.82) is 0 Å². The summed E-state index contributed by atoms with van der Waals surface area (Å²) in [5.74, 6) is 0.905. The number of likely N-dealkylation sites (N-methyl/N-ethyl adjacent to an activating group) is 2. The molecule has 3 rings (SSSR count). The molecule has 0 aliphatic carbocycles. The molecular weight excluding hydrogens is 414 g/mol. The van der Waals surface area contributed by atoms with E-state index in [0.29, 0.717) is 23.8 Å². The van der Waals surface area contributed by atoms with Crippen LogP contribution in [-0.2, 0) is 10.2 Å². The van der Waals surface area contributed by atoms with Gasteiger partial charge >= 0.3 is 6.09 Å². The number of carbonyl (C=O) groups is 1. The molecule has 2 saturated heterocycles. The summed E-state index contributed by atoms with van der Waals surface area (Å²) in [5, 5.41) is 10.3. The molecule has 0 bridgehead atoms. The minimum atomic E-state index is -0.453. The summed E-state index contributed by atoms with van der Waals surface area (Å²) in [4.78, 5) is 19.3. The summed E-state index contributed by atoms with van der Waals surface area (Å²) in [5.41, 5.74) is 2.02. The van der Waals surface area contributed by atoms with Crippen molar-refractivity contribution in [3.8, 4) is 5.75 Å². The minimum absolute atomic E-state index is 0.0410. The van der Waals surface area contributed by atoms with E-state index in [1.807, 2.05) is 37.8 Å². The van der Waals surface area contributed by atoms with Crippen molar-refractivity contribution >= 4 is 6.09 Å². The SMILES string of the molecule is Cc1ccc(O)cc1[C@@]1(C)CCN(C)[C@H](C)[C@@H]1N(C)CC1CCN(C(=O)OC(C)(C)C)CC1. The number of hydrogen-bond acceptors (Lipinski definition) is 5. The van der Waals surface area contributed by atoms with Gasteiger partial charge in [-0.15, -0.1) is 0 Å². The third kappa shape index (κ3) is 5.83. The zero-order chi connectivity index (χ0) is 24.6. The Balaban J connectivity index is 1.72. The van der Waals surface area contributed by atoms with Gasteiger partial charge in [-0.05, 0) is 104 Å². The number of rotatable bonds is 4. The van der Waals surface area contributed by atoms with E-state index in [2.05, 4.69) is 44.7 Å². The number of aryl methyl sites for hydroxylation is 1. The van der Waals surface area contributed by atoms with Crippen LogP contribution in [-0.4, -0.2) is 83.9 Å². The van der Waals surface area contributed by atoms with E-state index < -0.39 is 5.60 Å². The molecule has 0 spiro atoms. The summed E-state index contributed by atoms with van der Waals surface area (Å²) < 4.78 is 5.56. The van der Waals surface area contributed by atoms with Crippen molar-refractivity contribution in [2.24, 2.45) is 5.92 Å². The van der Waals surface area contributed by atoms with Crippen LogP contribution in [0.3, 0.4) is 0 Å². The van der Waals surface area contributed by atoms with E-state index in [1.165, 1.54) is 11.1 Å². The Kier molecular flexibility index (Phi) is 7.69. The predicted molar refractivity (Wildman–Crippen MR) is 134 cm³/mol. The van der Waals surface area contributed by atoms with Crippen LogP contribution in [0.25, 0.3) is 0 Å². The first-order valence-electron chi connectivity index (χ1n) is 12.5. The highest BCUT2D eigenvalue weighted by Gasteiger charge is 2.47. The number of hydrogen-bond donors (Lipinski definition) is 1. The van der Waals surface area contributed by atoms with Crippen LogP contribution in [0.1, 0.15) is 65.0 Å². The van der Waals surface area contributed by atoms with Gasteiger partial charge in [0.15, 0.2) is 0 Å². The van der Waals surface area contributed by atoms with Gasteiger partial charge < -0.3 is 24.5 Å². The largest absolute Gasteiger partial charge is 0.508 e. The number of benzene rings is 1. The monoisotopic (exact) mass is 459 g/mol. The second-order valence-electron chi connectivity index (χ2n) is 11.7. The number of phenols is 1. The van der Waals surface area contributed by atoms with Crippen LogP contribution in [0.5, 0.6) is 5.75 Å². The molecule has 6 heteroatoms. The number of aromatic hydroxyl groups is 1. The second kappa shape index (κ2) is 9.83. The molecule has 1 aromatic rings. The first-order chi connectivity index (χ1) is 15.3. The topological polar surface area (TPSA) is 56.2 Å². The normalized spacial score (nSPS) is 27.7. The van der Waals surface area contributed by atoms with E-state index in [0.717, 1.165) is 45.4 Å². The molecular formula is C27H45N3O3. The van der Waals surface area contributed by atoms with E-state index in [1.54, 1.807) is 6.07 Å². The molecule has 186 valence electrons. The molecule has 0 saturated carbocycles. The highest BCUT2D eigenvalue weighted by molar-refractivity contribution is 5.68. The van der Waals surface area contributed by atoms with Gasteiger partial charge in [-0.25, -0.2) is 4.79 Å². The Bertz CT molecular complexity index is 828. The molecule has 1 aromatic carbocycles. The van der Waals surface area contributed by atoms with Crippen molar-refractivity contribution in [3.63, 3.8) is 0 Å². The van der Waals surface area contributed by atoms with Gasteiger partial charge in [-0.2, -0.15) is 0 Å². The molecule has 2 aliphatic rings. The Morgan fingerprint density at radius 1 is 1.24 bits per heavy atom. The smallest absolute Gasteiger partial charge is 0.410 e. The third-order valence-corrected chi connectivity index (χ3v) is 7.91. The number of carbonyl (C=O) groups excluding carboxylic acids is 1. The third-order valence-electron chi connectivity index (χ3n) is 7.91. The van der Waals surface area contributed by atoms with E-state index >= 15 is 0 Å². The number of amides is 1. The predicted octanol–water partition coefficient (Wildman–Crippen LogP) is 4.63. The number of nitrogens with zero attached hydrogens (tertiary/aromatic N) is 3. The molecule has 2 heterocycles. The maximum Gasteiger partial charge on any atom is 0.410 e. The molecule has 2 aliphatic heterocycles. The average Bonchev–Trinajstić information content (AvgIpc) is 2.72. The van der Waals surface area contributed by atoms with Crippen LogP contribution in [0, 0.1) is 12.8 Å². The van der Waals surface area contributed by atoms with Gasteiger partial charge in [0.05, 0.1) is 0 Å². The quantitative estimate of drug-likeness (QED) is 0.711. The number of phenolic OH excluding ortho intramolecular Hbond substituents is 1. The molecule has 33 heavy (non-hydrogen) atoms. The van der Waals surface area contributed by atoms with Crippen LogP contribution >= 0.6 is 0 Å². The molecule has 0 radical (unpaired) electrons. The van der Waals surface area contributed by atoms with Gasteiger partial charge in [-0.3, -0.25) is 0 Å². The maximum atomic E-state index is 12.4. The summed E-state index contributed by atoms with van der Waals surface area (Å²) in [6, 6.07) is 6.55. The molecule has 0 aromatic heterocycles. The number of piperidine rings is 2. The first kappa shape index (κ1) is 25.8. The highest BCUT2D eigenvalue weighted by atomic mass is 16.6. The lowest BCUT2D eigenvalue weighted by atomic mass is 9.66. The molecule has 6 nitrogen and oxygen atoms in total. The maximum absolute atomic E-state index is 12.4. The lowest BCUT2D eigenvalue weighted by Crippen LogP contribution is -2.63. The standard InChI is InChI=1S/C27H45N3O3/c1-19-9-10-22(31)17-23(19)27(6)13-16-28(7)20(2)24(27)29(8)18-21-11-14-30(15-12-21)25(32)33-26(3,4)5/h9-10,17,20-21,24,31H,11-16,18H2,1-8H3/t20-,24+,27-/m1/s1. The Labute approximate surface area is 200 Å². The van der Waals surface area contributed by atoms with Crippen LogP contribution in [0.15, 0.2) is 18.2 Å². The molecule has 2 fully saturated rings. The summed E-state index contributed by atoms with van der Waals surface area (Å²) in [6.45, 7) is 16.2. The van der Waals surface area contributed by atoms with Gasteiger partial charge in [0.25, 0.3) is 0 Å². The van der Waals surface area contributed by atoms with Crippen molar-refractivity contribution in [1.82, 2.24) is 14.7 Å². The van der Waals surface area contributed by atoms with E-state index in [-0.39, 0.29) is 11.5 Å². The lowest BCUT2D eigenvalue weighted by molar-refractivity contribution is 0.00143. The lowest BCUT2D eigenvalue weighted by Gasteiger charge is -2.54. The van der Waals surface area contributed by atoms with Gasteiger partial charge in [0.1, 0.15) is 11.4 Å². The van der Waals surface area contributed by atoms with Crippen molar-refractivity contribution in [3.05, 3.63) is 29.3 Å². The zero-order valence-corrected chi connectivity index (χ0v) is 22.0. The van der Waals surface area contributed by atoms with E-state index in [4.69, 9.17) is 4.74 Å². The van der Waals surface area contributed by atoms with Crippen molar-refractivity contribution in [2.45, 2.75) is 83.9 Å². The number of likely N-dealkylation sites (tertiary alicyclic amines) is 2. The van der Waals surface area contributed by atoms with Crippen LogP contribution in [0.4, 0.5) is 4.79 Å². The fraction of sp³-hybridized carbons (Fsp3) is 0.741. The molecule has 1 N–H and O–H groups in total. The highest BCUT2D eigenvalue weighted by Crippen LogP contribution is 2.43. The van der Waals surface area contributed by atoms with Gasteiger partial charge in [0, 0.05) is 37.1 Å².